The van der Waals surface area contributed by atoms with Gasteiger partial charge in [-0.1, -0.05) is 0 Å². The molecule has 1 N–H and O–H groups in total. The Balaban J connectivity index is 2.08. The Morgan fingerprint density at radius 3 is 2.24 bits per heavy atom. The second-order valence-electron chi connectivity index (χ2n) is 5.77. The zero-order valence-electron chi connectivity index (χ0n) is 14.0. The van der Waals surface area contributed by atoms with E-state index in [1.807, 2.05) is 19.9 Å². The number of amides is 2. The highest BCUT2D eigenvalue weighted by molar-refractivity contribution is 5.99. The molecule has 0 heterocycles. The van der Waals surface area contributed by atoms with Crippen molar-refractivity contribution < 1.29 is 14.0 Å². The lowest BCUT2D eigenvalue weighted by Crippen LogP contribution is -2.42. The van der Waals surface area contributed by atoms with E-state index in [0.29, 0.717) is 16.8 Å². The summed E-state index contributed by atoms with van der Waals surface area (Å²) in [6, 6.07) is 13.5. The van der Waals surface area contributed by atoms with Gasteiger partial charge in [0, 0.05) is 17.3 Å². The summed E-state index contributed by atoms with van der Waals surface area (Å²) in [6.45, 7) is 3.49. The van der Waals surface area contributed by atoms with Crippen molar-refractivity contribution in [3.05, 3.63) is 65.5 Å². The van der Waals surface area contributed by atoms with Crippen molar-refractivity contribution in [2.24, 2.45) is 0 Å². The quantitative estimate of drug-likeness (QED) is 0.909. The minimum atomic E-state index is -0.391. The molecule has 0 aromatic heterocycles. The molecule has 6 heteroatoms. The van der Waals surface area contributed by atoms with Gasteiger partial charge in [-0.05, 0) is 62.4 Å². The second kappa shape index (κ2) is 8.06. The minimum absolute atomic E-state index is 0.131. The van der Waals surface area contributed by atoms with Gasteiger partial charge in [-0.25, -0.2) is 4.39 Å². The van der Waals surface area contributed by atoms with Crippen LogP contribution in [-0.2, 0) is 4.79 Å². The number of nitriles is 1. The number of nitrogens with zero attached hydrogens (tertiary/aromatic N) is 2. The molecule has 0 aliphatic rings. The molecule has 2 aromatic rings. The molecule has 2 amide bonds. The zero-order valence-corrected chi connectivity index (χ0v) is 14.0. The Kier molecular flexibility index (Phi) is 5.85. The first-order valence-electron chi connectivity index (χ1n) is 7.77. The molecular weight excluding hydrogens is 321 g/mol. The fraction of sp³-hybridized carbons (Fsp3) is 0.211. The fourth-order valence-electron chi connectivity index (χ4n) is 2.23. The highest BCUT2D eigenvalue weighted by atomic mass is 19.1. The van der Waals surface area contributed by atoms with Crippen molar-refractivity contribution in [2.45, 2.75) is 19.9 Å². The first kappa shape index (κ1) is 18.1. The average Bonchev–Trinajstić information content (AvgIpc) is 2.61. The molecule has 0 spiro atoms. The molecule has 0 fully saturated rings. The van der Waals surface area contributed by atoms with E-state index in [1.165, 1.54) is 29.2 Å². The summed E-state index contributed by atoms with van der Waals surface area (Å²) in [7, 11) is 0. The van der Waals surface area contributed by atoms with E-state index in [2.05, 4.69) is 5.32 Å². The predicted molar refractivity (Wildman–Crippen MR) is 92.4 cm³/mol. The van der Waals surface area contributed by atoms with E-state index in [9.17, 15) is 14.0 Å². The van der Waals surface area contributed by atoms with Gasteiger partial charge in [0.2, 0.25) is 5.91 Å². The van der Waals surface area contributed by atoms with Crippen molar-refractivity contribution in [2.75, 3.05) is 11.9 Å². The number of nitrogens with one attached hydrogen (secondary N) is 1. The lowest BCUT2D eigenvalue weighted by atomic mass is 10.1. The molecule has 0 atom stereocenters. The highest BCUT2D eigenvalue weighted by Crippen LogP contribution is 2.12. The number of benzene rings is 2. The van der Waals surface area contributed by atoms with Crippen molar-refractivity contribution >= 4 is 17.5 Å². The molecule has 0 bridgehead atoms. The summed E-state index contributed by atoms with van der Waals surface area (Å²) in [6.07, 6.45) is 0. The fourth-order valence-corrected chi connectivity index (χ4v) is 2.23. The summed E-state index contributed by atoms with van der Waals surface area (Å²) in [5, 5.41) is 11.5. The number of carbonyl (C=O) groups excluding carboxylic acids is 2. The largest absolute Gasteiger partial charge is 0.327 e. The number of halogens is 1. The molecule has 0 aliphatic carbocycles. The molecule has 0 saturated carbocycles. The first-order chi connectivity index (χ1) is 11.9. The van der Waals surface area contributed by atoms with Crippen molar-refractivity contribution in [3.63, 3.8) is 0 Å². The van der Waals surface area contributed by atoms with Crippen molar-refractivity contribution in [3.8, 4) is 6.07 Å². The van der Waals surface area contributed by atoms with Gasteiger partial charge in [-0.3, -0.25) is 9.59 Å². The highest BCUT2D eigenvalue weighted by Gasteiger charge is 2.21. The van der Waals surface area contributed by atoms with Gasteiger partial charge in [0.05, 0.1) is 11.6 Å². The first-order valence-corrected chi connectivity index (χ1v) is 7.77. The minimum Gasteiger partial charge on any atom is -0.327 e. The molecule has 0 aliphatic heterocycles. The molecule has 0 radical (unpaired) electrons. The van der Waals surface area contributed by atoms with Crippen LogP contribution >= 0.6 is 0 Å². The molecule has 5 nitrogen and oxygen atoms in total. The third kappa shape index (κ3) is 4.88. The summed E-state index contributed by atoms with van der Waals surface area (Å²) in [5.41, 5.74) is 1.32. The zero-order chi connectivity index (χ0) is 18.4. The van der Waals surface area contributed by atoms with Gasteiger partial charge in [0.1, 0.15) is 12.4 Å². The van der Waals surface area contributed by atoms with Gasteiger partial charge < -0.3 is 10.2 Å². The standard InChI is InChI=1S/C19H18FN3O2/c1-13(2)23(19(25)15-5-3-14(11-21)4-6-15)12-18(24)22-17-9-7-16(20)8-10-17/h3-10,13H,12H2,1-2H3,(H,22,24). The van der Waals surface area contributed by atoms with Crippen LogP contribution in [0.1, 0.15) is 29.8 Å². The summed E-state index contributed by atoms with van der Waals surface area (Å²) in [4.78, 5) is 26.3. The van der Waals surface area contributed by atoms with Crippen LogP contribution < -0.4 is 5.32 Å². The Hall–Kier alpha value is -3.20. The maximum absolute atomic E-state index is 12.9. The Morgan fingerprint density at radius 2 is 1.72 bits per heavy atom. The van der Waals surface area contributed by atoms with Crippen LogP contribution in [0.2, 0.25) is 0 Å². The second-order valence-corrected chi connectivity index (χ2v) is 5.77. The average molecular weight is 339 g/mol. The van der Waals surface area contributed by atoms with E-state index in [4.69, 9.17) is 5.26 Å². The van der Waals surface area contributed by atoms with E-state index >= 15 is 0 Å². The van der Waals surface area contributed by atoms with Crippen LogP contribution in [0.25, 0.3) is 0 Å². The van der Waals surface area contributed by atoms with Crippen LogP contribution in [0.3, 0.4) is 0 Å². The van der Waals surface area contributed by atoms with Crippen LogP contribution in [0.5, 0.6) is 0 Å². The maximum atomic E-state index is 12.9. The van der Waals surface area contributed by atoms with Gasteiger partial charge in [0.25, 0.3) is 5.91 Å². The molecular formula is C19H18FN3O2. The van der Waals surface area contributed by atoms with Gasteiger partial charge >= 0.3 is 0 Å². The number of hydrogen-bond acceptors (Lipinski definition) is 3. The van der Waals surface area contributed by atoms with Gasteiger partial charge in [-0.15, -0.1) is 0 Å². The SMILES string of the molecule is CC(C)N(CC(=O)Nc1ccc(F)cc1)C(=O)c1ccc(C#N)cc1. The molecule has 2 rings (SSSR count). The Bertz CT molecular complexity index is 793. The number of rotatable bonds is 5. The Labute approximate surface area is 145 Å². The third-order valence-electron chi connectivity index (χ3n) is 3.59. The molecule has 0 saturated heterocycles. The summed E-state index contributed by atoms with van der Waals surface area (Å²) in [5.74, 6) is -1.06. The van der Waals surface area contributed by atoms with E-state index in [-0.39, 0.29) is 24.4 Å². The van der Waals surface area contributed by atoms with Crippen molar-refractivity contribution in [1.29, 1.82) is 5.26 Å². The van der Waals surface area contributed by atoms with E-state index < -0.39 is 5.82 Å². The molecule has 0 unspecified atom stereocenters. The van der Waals surface area contributed by atoms with Gasteiger partial charge in [-0.2, -0.15) is 5.26 Å². The normalized spacial score (nSPS) is 10.2. The molecule has 128 valence electrons. The molecule has 25 heavy (non-hydrogen) atoms. The van der Waals surface area contributed by atoms with Crippen LogP contribution in [-0.4, -0.2) is 29.3 Å². The Morgan fingerprint density at radius 1 is 1.12 bits per heavy atom. The smallest absolute Gasteiger partial charge is 0.254 e. The van der Waals surface area contributed by atoms with Crippen molar-refractivity contribution in [1.82, 2.24) is 4.90 Å². The van der Waals surface area contributed by atoms with Crippen LogP contribution in [0.15, 0.2) is 48.5 Å². The maximum Gasteiger partial charge on any atom is 0.254 e. The topological polar surface area (TPSA) is 73.2 Å². The lowest BCUT2D eigenvalue weighted by Gasteiger charge is -2.26. The predicted octanol–water partition coefficient (Wildman–Crippen LogP) is 3.19. The molecule has 2 aromatic carbocycles. The van der Waals surface area contributed by atoms with Crippen LogP contribution in [0, 0.1) is 17.1 Å². The number of anilines is 1. The van der Waals surface area contributed by atoms with E-state index in [0.717, 1.165) is 0 Å². The van der Waals surface area contributed by atoms with Gasteiger partial charge in [0.15, 0.2) is 0 Å². The summed E-state index contributed by atoms with van der Waals surface area (Å²) >= 11 is 0. The van der Waals surface area contributed by atoms with Crippen LogP contribution in [0.4, 0.5) is 10.1 Å². The monoisotopic (exact) mass is 339 g/mol. The third-order valence-corrected chi connectivity index (χ3v) is 3.59. The summed E-state index contributed by atoms with van der Waals surface area (Å²) < 4.78 is 12.9. The lowest BCUT2D eigenvalue weighted by molar-refractivity contribution is -0.117. The number of carbonyl (C=O) groups is 2. The number of hydrogen-bond donors (Lipinski definition) is 1. The van der Waals surface area contributed by atoms with E-state index in [1.54, 1.807) is 24.3 Å².